The molecule has 0 aliphatic heterocycles. The highest BCUT2D eigenvalue weighted by atomic mass is 31.2. The van der Waals surface area contributed by atoms with Crippen molar-refractivity contribution in [1.82, 2.24) is 0 Å². The van der Waals surface area contributed by atoms with Gasteiger partial charge in [0.05, 0.1) is 0 Å². The van der Waals surface area contributed by atoms with Crippen molar-refractivity contribution in [2.75, 3.05) is 12.3 Å². The lowest BCUT2D eigenvalue weighted by Crippen LogP contribution is -1.88. The second-order valence-corrected chi connectivity index (χ2v) is 4.66. The van der Waals surface area contributed by atoms with E-state index in [1.54, 1.807) is 6.92 Å². The van der Waals surface area contributed by atoms with Gasteiger partial charge in [0.2, 0.25) is 0 Å². The van der Waals surface area contributed by atoms with Crippen molar-refractivity contribution < 1.29 is 9.46 Å². The molecule has 0 aliphatic carbocycles. The minimum absolute atomic E-state index is 0. The Morgan fingerprint density at radius 3 is 2.00 bits per heavy atom. The van der Waals surface area contributed by atoms with Crippen LogP contribution in [0.1, 0.15) is 20.3 Å². The average Bonchev–Trinajstić information content (AvgIpc) is 1.67. The molecule has 0 aromatic heterocycles. The maximum atomic E-state index is 10.7. The van der Waals surface area contributed by atoms with Gasteiger partial charge in [-0.3, -0.25) is 4.57 Å². The minimum atomic E-state index is -2.67. The van der Waals surface area contributed by atoms with E-state index in [1.165, 1.54) is 0 Å². The molecule has 0 spiro atoms. The maximum absolute atomic E-state index is 10.7. The van der Waals surface area contributed by atoms with Crippen LogP contribution >= 0.6 is 7.37 Å². The highest BCUT2D eigenvalue weighted by Gasteiger charge is 2.11. The summed E-state index contributed by atoms with van der Waals surface area (Å²) in [5.41, 5.74) is 0. The molecule has 0 aromatic rings. The largest absolute Gasteiger partial charge is 0.344 e. The van der Waals surface area contributed by atoms with Crippen LogP contribution in [0.3, 0.4) is 0 Å². The first-order valence-corrected chi connectivity index (χ1v) is 4.96. The van der Waals surface area contributed by atoms with Crippen LogP contribution in [-0.2, 0) is 4.57 Å². The third-order valence-electron chi connectivity index (χ3n) is 1.07. The molecule has 0 fully saturated rings. The van der Waals surface area contributed by atoms with Crippen LogP contribution in [0.25, 0.3) is 0 Å². The molecule has 1 atom stereocenters. The molecule has 0 heterocycles. The van der Waals surface area contributed by atoms with Crippen LogP contribution in [0.2, 0.25) is 0 Å². The predicted molar refractivity (Wildman–Crippen MR) is 45.5 cm³/mol. The van der Waals surface area contributed by atoms with Gasteiger partial charge in [0.15, 0.2) is 24.7 Å². The summed E-state index contributed by atoms with van der Waals surface area (Å²) in [6.45, 7) is 3.66. The number of hydrogen-bond acceptors (Lipinski definition) is 1. The molecule has 9 heavy (non-hydrogen) atoms. The molecular formula is C5H16AlO2P. The Hall–Kier alpha value is 0.722. The van der Waals surface area contributed by atoms with Gasteiger partial charge >= 0.3 is 0 Å². The predicted octanol–water partition coefficient (Wildman–Crippen LogP) is 0.503. The van der Waals surface area contributed by atoms with E-state index >= 15 is 0 Å². The molecule has 1 unspecified atom stereocenters. The zero-order valence-corrected chi connectivity index (χ0v) is 6.32. The average molecular weight is 166 g/mol. The second kappa shape index (κ2) is 5.50. The van der Waals surface area contributed by atoms with Crippen LogP contribution in [0.4, 0.5) is 0 Å². The van der Waals surface area contributed by atoms with Crippen LogP contribution < -0.4 is 0 Å². The van der Waals surface area contributed by atoms with Gasteiger partial charge in [-0.05, 0) is 6.42 Å². The fourth-order valence-electron chi connectivity index (χ4n) is 0.508. The quantitative estimate of drug-likeness (QED) is 0.489. The van der Waals surface area contributed by atoms with E-state index < -0.39 is 7.37 Å². The molecule has 0 rings (SSSR count). The zero-order chi connectivity index (χ0) is 6.62. The Labute approximate surface area is 67.2 Å². The van der Waals surface area contributed by atoms with Crippen LogP contribution in [0.15, 0.2) is 0 Å². The minimum Gasteiger partial charge on any atom is -0.344 e. The lowest BCUT2D eigenvalue weighted by Gasteiger charge is -2.04. The monoisotopic (exact) mass is 166 g/mol. The molecule has 0 amide bonds. The molecule has 0 saturated heterocycles. The molecule has 0 aromatic carbocycles. The summed E-state index contributed by atoms with van der Waals surface area (Å²) < 4.78 is 10.7. The van der Waals surface area contributed by atoms with E-state index in [0.29, 0.717) is 12.3 Å². The standard InChI is InChI=1S/C5H13O2P.Al.3H/c1-3-5-8(6,7)4-2;;;;/h3-5H2,1-2H3,(H,6,7);;;;. The van der Waals surface area contributed by atoms with Crippen LogP contribution in [0, 0.1) is 0 Å². The van der Waals surface area contributed by atoms with Crippen LogP contribution in [-0.4, -0.2) is 34.6 Å². The zero-order valence-electron chi connectivity index (χ0n) is 5.42. The van der Waals surface area contributed by atoms with Crippen molar-refractivity contribution in [3.05, 3.63) is 0 Å². The van der Waals surface area contributed by atoms with Crippen LogP contribution in [0.5, 0.6) is 0 Å². The van der Waals surface area contributed by atoms with Gasteiger partial charge in [-0.1, -0.05) is 13.8 Å². The molecule has 4 heteroatoms. The number of hydrogen-bond donors (Lipinski definition) is 1. The second-order valence-electron chi connectivity index (χ2n) is 1.89. The first-order valence-electron chi connectivity index (χ1n) is 2.93. The highest BCUT2D eigenvalue weighted by molar-refractivity contribution is 7.57. The fraction of sp³-hybridized carbons (Fsp3) is 1.00. The Morgan fingerprint density at radius 1 is 1.44 bits per heavy atom. The van der Waals surface area contributed by atoms with Crippen molar-refractivity contribution in [3.8, 4) is 0 Å². The van der Waals surface area contributed by atoms with E-state index in [0.717, 1.165) is 6.42 Å². The summed E-state index contributed by atoms with van der Waals surface area (Å²) >= 11 is 0. The van der Waals surface area contributed by atoms with E-state index in [2.05, 4.69) is 0 Å². The topological polar surface area (TPSA) is 37.3 Å². The number of rotatable bonds is 3. The summed E-state index contributed by atoms with van der Waals surface area (Å²) in [5, 5.41) is 0. The van der Waals surface area contributed by atoms with Gasteiger partial charge in [0.25, 0.3) is 0 Å². The molecule has 0 radical (unpaired) electrons. The summed E-state index contributed by atoms with van der Waals surface area (Å²) in [6.07, 6.45) is 1.70. The van der Waals surface area contributed by atoms with Gasteiger partial charge < -0.3 is 4.89 Å². The molecule has 0 saturated carbocycles. The van der Waals surface area contributed by atoms with Gasteiger partial charge in [0, 0.05) is 12.3 Å². The molecule has 56 valence electrons. The third-order valence-corrected chi connectivity index (χ3v) is 3.20. The molecule has 0 bridgehead atoms. The lowest BCUT2D eigenvalue weighted by molar-refractivity contribution is 0.478. The molecule has 0 aliphatic rings. The summed E-state index contributed by atoms with van der Waals surface area (Å²) in [4.78, 5) is 8.88. The maximum Gasteiger partial charge on any atom is 0.200 e. The van der Waals surface area contributed by atoms with E-state index in [4.69, 9.17) is 4.89 Å². The van der Waals surface area contributed by atoms with Crippen molar-refractivity contribution in [2.24, 2.45) is 0 Å². The van der Waals surface area contributed by atoms with Crippen molar-refractivity contribution in [3.63, 3.8) is 0 Å². The van der Waals surface area contributed by atoms with Crippen molar-refractivity contribution >= 4 is 24.7 Å². The summed E-state index contributed by atoms with van der Waals surface area (Å²) in [5.74, 6) is 0. The normalized spacial score (nSPS) is 15.9. The molecule has 2 nitrogen and oxygen atoms in total. The Morgan fingerprint density at radius 2 is 1.89 bits per heavy atom. The Kier molecular flexibility index (Phi) is 7.58. The first-order chi connectivity index (χ1) is 3.62. The molecule has 1 N–H and O–H groups in total. The highest BCUT2D eigenvalue weighted by Crippen LogP contribution is 2.39. The van der Waals surface area contributed by atoms with Gasteiger partial charge in [0.1, 0.15) is 0 Å². The molecular weight excluding hydrogens is 150 g/mol. The summed E-state index contributed by atoms with van der Waals surface area (Å²) in [6, 6.07) is 0. The van der Waals surface area contributed by atoms with Gasteiger partial charge in [-0.15, -0.1) is 0 Å². The van der Waals surface area contributed by atoms with E-state index in [-0.39, 0.29) is 17.4 Å². The van der Waals surface area contributed by atoms with Crippen molar-refractivity contribution in [1.29, 1.82) is 0 Å². The Balaban J connectivity index is 0. The van der Waals surface area contributed by atoms with Gasteiger partial charge in [-0.2, -0.15) is 0 Å². The fourth-order valence-corrected chi connectivity index (χ4v) is 1.52. The lowest BCUT2D eigenvalue weighted by atomic mass is 10.6. The third kappa shape index (κ3) is 6.61. The summed E-state index contributed by atoms with van der Waals surface area (Å²) in [7, 11) is -2.67. The van der Waals surface area contributed by atoms with E-state index in [1.807, 2.05) is 6.92 Å². The first kappa shape index (κ1) is 12.4. The van der Waals surface area contributed by atoms with Gasteiger partial charge in [-0.25, -0.2) is 0 Å². The van der Waals surface area contributed by atoms with E-state index in [9.17, 15) is 4.57 Å². The smallest absolute Gasteiger partial charge is 0.200 e. The SMILES string of the molecule is CCCP(=O)(O)CC.[AlH3]. The Bertz CT molecular complexity index is 105. The van der Waals surface area contributed by atoms with Crippen molar-refractivity contribution in [2.45, 2.75) is 20.3 Å².